The number of H-pyrrole nitrogens is 1. The number of nitrogens with zero attached hydrogens (tertiary/aromatic N) is 1. The molecule has 76 valence electrons. The van der Waals surface area contributed by atoms with Gasteiger partial charge in [-0.3, -0.25) is 0 Å². The Hall–Kier alpha value is -1.10. The van der Waals surface area contributed by atoms with E-state index in [1.165, 1.54) is 0 Å². The van der Waals surface area contributed by atoms with Crippen molar-refractivity contribution in [3.05, 3.63) is 30.1 Å². The van der Waals surface area contributed by atoms with Gasteiger partial charge in [0.2, 0.25) is 0 Å². The van der Waals surface area contributed by atoms with E-state index in [1.807, 2.05) is 24.3 Å². The average molecular weight is 214 g/mol. The Kier molecular flexibility index (Phi) is 3.46. The zero-order valence-electron chi connectivity index (χ0n) is 7.47. The van der Waals surface area contributed by atoms with Crippen molar-refractivity contribution in [2.45, 2.75) is 6.04 Å². The first-order valence-electron chi connectivity index (χ1n) is 4.12. The Bertz CT molecular complexity index is 382. The Morgan fingerprint density at radius 2 is 2.14 bits per heavy atom. The zero-order valence-corrected chi connectivity index (χ0v) is 8.29. The summed E-state index contributed by atoms with van der Waals surface area (Å²) in [6, 6.07) is 7.24. The van der Waals surface area contributed by atoms with Gasteiger partial charge in [0.1, 0.15) is 5.82 Å². The van der Waals surface area contributed by atoms with Gasteiger partial charge < -0.3 is 15.8 Å². The first-order chi connectivity index (χ1) is 6.31. The van der Waals surface area contributed by atoms with Crippen LogP contribution in [0.5, 0.6) is 0 Å². The van der Waals surface area contributed by atoms with Crippen LogP contribution in [0.4, 0.5) is 0 Å². The lowest BCUT2D eigenvalue weighted by atomic mass is 10.3. The second-order valence-corrected chi connectivity index (χ2v) is 2.93. The maximum absolute atomic E-state index is 8.83. The minimum absolute atomic E-state index is 0. The van der Waals surface area contributed by atoms with E-state index in [9.17, 15) is 0 Å². The number of hydrogen-bond donors (Lipinski definition) is 3. The summed E-state index contributed by atoms with van der Waals surface area (Å²) in [5, 5.41) is 8.83. The van der Waals surface area contributed by atoms with E-state index < -0.39 is 6.04 Å². The van der Waals surface area contributed by atoms with Crippen molar-refractivity contribution >= 4 is 23.4 Å². The lowest BCUT2D eigenvalue weighted by Crippen LogP contribution is -2.15. The zero-order chi connectivity index (χ0) is 9.26. The number of nitrogens with two attached hydrogens (primary N) is 1. The number of aromatic amines is 1. The molecule has 0 amide bonds. The predicted octanol–water partition coefficient (Wildman–Crippen LogP) is 0.977. The SMILES string of the molecule is Cl.NC(CO)c1nc2ccccc2[nH]1. The fourth-order valence-corrected chi connectivity index (χ4v) is 1.23. The van der Waals surface area contributed by atoms with Crippen LogP contribution in [0.25, 0.3) is 11.0 Å². The molecule has 4 nitrogen and oxygen atoms in total. The lowest BCUT2D eigenvalue weighted by molar-refractivity contribution is 0.264. The smallest absolute Gasteiger partial charge is 0.126 e. The number of fused-ring (bicyclic) bond motifs is 1. The van der Waals surface area contributed by atoms with Crippen LogP contribution in [0.3, 0.4) is 0 Å². The molecule has 2 aromatic rings. The Morgan fingerprint density at radius 3 is 2.79 bits per heavy atom. The number of benzene rings is 1. The number of aromatic nitrogens is 2. The molecule has 0 radical (unpaired) electrons. The van der Waals surface area contributed by atoms with Crippen molar-refractivity contribution in [1.29, 1.82) is 0 Å². The second kappa shape index (κ2) is 4.41. The number of aliphatic hydroxyl groups is 1. The third kappa shape index (κ3) is 1.87. The number of rotatable bonds is 2. The van der Waals surface area contributed by atoms with Crippen LogP contribution < -0.4 is 5.73 Å². The van der Waals surface area contributed by atoms with Crippen molar-refractivity contribution in [2.75, 3.05) is 6.61 Å². The van der Waals surface area contributed by atoms with E-state index in [2.05, 4.69) is 9.97 Å². The Morgan fingerprint density at radius 1 is 1.43 bits per heavy atom. The highest BCUT2D eigenvalue weighted by Crippen LogP contribution is 2.13. The topological polar surface area (TPSA) is 74.9 Å². The molecular weight excluding hydrogens is 202 g/mol. The molecule has 1 atom stereocenters. The fourth-order valence-electron chi connectivity index (χ4n) is 1.23. The maximum Gasteiger partial charge on any atom is 0.126 e. The molecule has 2 rings (SSSR count). The first kappa shape index (κ1) is 11.0. The van der Waals surface area contributed by atoms with Gasteiger partial charge in [0.05, 0.1) is 23.7 Å². The number of para-hydroxylation sites is 2. The highest BCUT2D eigenvalue weighted by Gasteiger charge is 2.08. The van der Waals surface area contributed by atoms with Crippen molar-refractivity contribution < 1.29 is 5.11 Å². The molecule has 0 aliphatic heterocycles. The predicted molar refractivity (Wildman–Crippen MR) is 57.4 cm³/mol. The summed E-state index contributed by atoms with van der Waals surface area (Å²) in [5.41, 5.74) is 7.44. The molecule has 4 N–H and O–H groups in total. The Balaban J connectivity index is 0.000000980. The van der Waals surface area contributed by atoms with Gasteiger partial charge in [0, 0.05) is 0 Å². The summed E-state index contributed by atoms with van der Waals surface area (Å²) in [7, 11) is 0. The van der Waals surface area contributed by atoms with Crippen molar-refractivity contribution in [1.82, 2.24) is 9.97 Å². The van der Waals surface area contributed by atoms with Crippen molar-refractivity contribution in [3.8, 4) is 0 Å². The number of imidazole rings is 1. The Labute approximate surface area is 87.6 Å². The molecule has 5 heteroatoms. The summed E-state index contributed by atoms with van der Waals surface area (Å²) in [6.45, 7) is -0.0974. The molecule has 1 aromatic carbocycles. The number of halogens is 1. The van der Waals surface area contributed by atoms with E-state index in [0.717, 1.165) is 11.0 Å². The lowest BCUT2D eigenvalue weighted by Gasteiger charge is -2.01. The number of hydrogen-bond acceptors (Lipinski definition) is 3. The van der Waals surface area contributed by atoms with E-state index in [1.54, 1.807) is 0 Å². The normalized spacial score (nSPS) is 12.4. The molecular formula is C9H12ClN3O. The standard InChI is InChI=1S/C9H11N3O.ClH/c10-6(5-13)9-11-7-3-1-2-4-8(7)12-9;/h1-4,6,13H,5,10H2,(H,11,12);1H. The largest absolute Gasteiger partial charge is 0.394 e. The molecule has 0 aliphatic carbocycles. The summed E-state index contributed by atoms with van der Waals surface area (Å²) < 4.78 is 0. The molecule has 0 fully saturated rings. The van der Waals surface area contributed by atoms with Gasteiger partial charge in [-0.2, -0.15) is 0 Å². The van der Waals surface area contributed by atoms with Crippen LogP contribution in [0.15, 0.2) is 24.3 Å². The minimum atomic E-state index is -0.424. The second-order valence-electron chi connectivity index (χ2n) is 2.93. The van der Waals surface area contributed by atoms with Crippen molar-refractivity contribution in [2.24, 2.45) is 5.73 Å². The summed E-state index contributed by atoms with van der Waals surface area (Å²) in [4.78, 5) is 7.29. The van der Waals surface area contributed by atoms with Gasteiger partial charge in [-0.25, -0.2) is 4.98 Å². The van der Waals surface area contributed by atoms with Gasteiger partial charge >= 0.3 is 0 Å². The highest BCUT2D eigenvalue weighted by molar-refractivity contribution is 5.85. The molecule has 1 unspecified atom stereocenters. The van der Waals surface area contributed by atoms with E-state index in [-0.39, 0.29) is 19.0 Å². The third-order valence-electron chi connectivity index (χ3n) is 1.96. The highest BCUT2D eigenvalue weighted by atomic mass is 35.5. The first-order valence-corrected chi connectivity index (χ1v) is 4.12. The average Bonchev–Trinajstić information content (AvgIpc) is 2.59. The molecule has 0 spiro atoms. The van der Waals surface area contributed by atoms with E-state index in [0.29, 0.717) is 5.82 Å². The van der Waals surface area contributed by atoms with Crippen molar-refractivity contribution in [3.63, 3.8) is 0 Å². The van der Waals surface area contributed by atoms with Gasteiger partial charge in [-0.1, -0.05) is 12.1 Å². The molecule has 0 aliphatic rings. The molecule has 0 bridgehead atoms. The van der Waals surface area contributed by atoms with Gasteiger partial charge in [0.25, 0.3) is 0 Å². The summed E-state index contributed by atoms with van der Waals surface area (Å²) in [6.07, 6.45) is 0. The van der Waals surface area contributed by atoms with Crippen LogP contribution in [0.2, 0.25) is 0 Å². The number of aliphatic hydroxyl groups excluding tert-OH is 1. The molecule has 0 saturated carbocycles. The monoisotopic (exact) mass is 213 g/mol. The molecule has 1 aromatic heterocycles. The van der Waals surface area contributed by atoms with Gasteiger partial charge in [-0.15, -0.1) is 12.4 Å². The third-order valence-corrected chi connectivity index (χ3v) is 1.96. The number of nitrogens with one attached hydrogen (secondary N) is 1. The molecule has 0 saturated heterocycles. The van der Waals surface area contributed by atoms with Crippen LogP contribution in [0, 0.1) is 0 Å². The fraction of sp³-hybridized carbons (Fsp3) is 0.222. The maximum atomic E-state index is 8.83. The van der Waals surface area contributed by atoms with Crippen LogP contribution in [-0.4, -0.2) is 21.7 Å². The minimum Gasteiger partial charge on any atom is -0.394 e. The van der Waals surface area contributed by atoms with Gasteiger partial charge in [-0.05, 0) is 12.1 Å². The van der Waals surface area contributed by atoms with Crippen LogP contribution >= 0.6 is 12.4 Å². The summed E-state index contributed by atoms with van der Waals surface area (Å²) >= 11 is 0. The molecule has 14 heavy (non-hydrogen) atoms. The quantitative estimate of drug-likeness (QED) is 0.696. The summed E-state index contributed by atoms with van der Waals surface area (Å²) in [5.74, 6) is 0.628. The van der Waals surface area contributed by atoms with Crippen LogP contribution in [0.1, 0.15) is 11.9 Å². The van der Waals surface area contributed by atoms with Gasteiger partial charge in [0.15, 0.2) is 0 Å². The van der Waals surface area contributed by atoms with E-state index in [4.69, 9.17) is 10.8 Å². The molecule has 1 heterocycles. The van der Waals surface area contributed by atoms with E-state index >= 15 is 0 Å². The van der Waals surface area contributed by atoms with Crippen LogP contribution in [-0.2, 0) is 0 Å².